The summed E-state index contributed by atoms with van der Waals surface area (Å²) < 4.78 is 0. The van der Waals surface area contributed by atoms with Crippen LogP contribution in [0.25, 0.3) is 11.1 Å². The molecule has 5 nitrogen and oxygen atoms in total. The summed E-state index contributed by atoms with van der Waals surface area (Å²) in [7, 11) is 0. The standard InChI is InChI=1S/C22H24ClN3O2/c23-20-9-8-17(16-5-2-1-3-6-16)13-19(20)22(28)25-11-4-7-18(15-25)26-12-10-24-14-21(26)27/h1-3,5-6,8-9,13,18,24H,4,7,10-12,14-15H2. The van der Waals surface area contributed by atoms with Crippen molar-refractivity contribution in [1.29, 1.82) is 0 Å². The second kappa shape index (κ2) is 8.33. The van der Waals surface area contributed by atoms with Crippen LogP contribution in [0.5, 0.6) is 0 Å². The first-order valence-corrected chi connectivity index (χ1v) is 10.2. The van der Waals surface area contributed by atoms with Gasteiger partial charge in [0.15, 0.2) is 0 Å². The summed E-state index contributed by atoms with van der Waals surface area (Å²) in [5.74, 6) is 0.0599. The molecule has 0 aliphatic carbocycles. The molecule has 2 fully saturated rings. The van der Waals surface area contributed by atoms with E-state index in [2.05, 4.69) is 5.32 Å². The molecule has 1 unspecified atom stereocenters. The van der Waals surface area contributed by atoms with E-state index in [0.29, 0.717) is 36.8 Å². The minimum Gasteiger partial charge on any atom is -0.337 e. The Labute approximate surface area is 170 Å². The lowest BCUT2D eigenvalue weighted by atomic mass is 10.00. The van der Waals surface area contributed by atoms with E-state index in [0.717, 1.165) is 30.5 Å². The van der Waals surface area contributed by atoms with Gasteiger partial charge in [-0.2, -0.15) is 0 Å². The molecule has 28 heavy (non-hydrogen) atoms. The van der Waals surface area contributed by atoms with Gasteiger partial charge in [0.2, 0.25) is 5.91 Å². The molecule has 0 radical (unpaired) electrons. The molecule has 0 saturated carbocycles. The fourth-order valence-electron chi connectivity index (χ4n) is 4.07. The van der Waals surface area contributed by atoms with Crippen molar-refractivity contribution < 1.29 is 9.59 Å². The van der Waals surface area contributed by atoms with Gasteiger partial charge in [-0.15, -0.1) is 0 Å². The third-order valence-corrected chi connectivity index (χ3v) is 5.88. The molecule has 2 heterocycles. The number of halogens is 1. The van der Waals surface area contributed by atoms with Crippen molar-refractivity contribution >= 4 is 23.4 Å². The Hall–Kier alpha value is -2.37. The number of piperazine rings is 1. The monoisotopic (exact) mass is 397 g/mol. The van der Waals surface area contributed by atoms with E-state index in [9.17, 15) is 9.59 Å². The summed E-state index contributed by atoms with van der Waals surface area (Å²) in [5, 5.41) is 3.57. The van der Waals surface area contributed by atoms with Gasteiger partial charge in [-0.1, -0.05) is 48.0 Å². The fourth-order valence-corrected chi connectivity index (χ4v) is 4.27. The van der Waals surface area contributed by atoms with Gasteiger partial charge in [-0.25, -0.2) is 0 Å². The number of carbonyl (C=O) groups is 2. The van der Waals surface area contributed by atoms with Gasteiger partial charge in [0.1, 0.15) is 0 Å². The van der Waals surface area contributed by atoms with Crippen LogP contribution in [0, 0.1) is 0 Å². The highest BCUT2D eigenvalue weighted by Crippen LogP contribution is 2.27. The van der Waals surface area contributed by atoms with Crippen molar-refractivity contribution in [2.24, 2.45) is 0 Å². The molecule has 2 aliphatic heterocycles. The minimum atomic E-state index is -0.0601. The Bertz CT molecular complexity index is 871. The van der Waals surface area contributed by atoms with Gasteiger partial charge in [0, 0.05) is 32.2 Å². The summed E-state index contributed by atoms with van der Waals surface area (Å²) in [6.07, 6.45) is 1.83. The quantitative estimate of drug-likeness (QED) is 0.866. The number of amides is 2. The maximum absolute atomic E-state index is 13.2. The number of nitrogens with zero attached hydrogens (tertiary/aromatic N) is 2. The molecule has 2 saturated heterocycles. The maximum atomic E-state index is 13.2. The second-order valence-electron chi connectivity index (χ2n) is 7.37. The summed E-state index contributed by atoms with van der Waals surface area (Å²) >= 11 is 6.39. The van der Waals surface area contributed by atoms with E-state index in [1.54, 1.807) is 6.07 Å². The van der Waals surface area contributed by atoms with E-state index >= 15 is 0 Å². The van der Waals surface area contributed by atoms with E-state index in [1.165, 1.54) is 0 Å². The smallest absolute Gasteiger partial charge is 0.255 e. The SMILES string of the molecule is O=C(c1cc(-c2ccccc2)ccc1Cl)N1CCCC(N2CCNCC2=O)C1. The lowest BCUT2D eigenvalue weighted by Crippen LogP contribution is -2.57. The van der Waals surface area contributed by atoms with E-state index in [4.69, 9.17) is 11.6 Å². The molecule has 0 spiro atoms. The normalized spacial score (nSPS) is 20.3. The highest BCUT2D eigenvalue weighted by molar-refractivity contribution is 6.34. The van der Waals surface area contributed by atoms with Crippen LogP contribution in [0.4, 0.5) is 0 Å². The van der Waals surface area contributed by atoms with Crippen LogP contribution in [0.2, 0.25) is 5.02 Å². The van der Waals surface area contributed by atoms with Crippen molar-refractivity contribution in [2.45, 2.75) is 18.9 Å². The van der Waals surface area contributed by atoms with Crippen LogP contribution in [0.1, 0.15) is 23.2 Å². The minimum absolute atomic E-state index is 0.0601. The Morgan fingerprint density at radius 3 is 2.68 bits per heavy atom. The number of likely N-dealkylation sites (tertiary alicyclic amines) is 1. The van der Waals surface area contributed by atoms with E-state index in [-0.39, 0.29) is 17.9 Å². The third kappa shape index (κ3) is 3.91. The Kier molecular flexibility index (Phi) is 5.64. The number of carbonyl (C=O) groups excluding carboxylic acids is 2. The second-order valence-corrected chi connectivity index (χ2v) is 7.78. The molecular formula is C22H24ClN3O2. The lowest BCUT2D eigenvalue weighted by molar-refractivity contribution is -0.135. The lowest BCUT2D eigenvalue weighted by Gasteiger charge is -2.41. The molecule has 146 valence electrons. The molecule has 0 bridgehead atoms. The van der Waals surface area contributed by atoms with Crippen molar-refractivity contribution in [3.05, 3.63) is 59.1 Å². The van der Waals surface area contributed by atoms with Crippen LogP contribution in [-0.2, 0) is 4.79 Å². The number of hydrogen-bond acceptors (Lipinski definition) is 3. The average molecular weight is 398 g/mol. The Balaban J connectivity index is 1.54. The topological polar surface area (TPSA) is 52.7 Å². The number of benzene rings is 2. The molecule has 2 aliphatic rings. The highest BCUT2D eigenvalue weighted by Gasteiger charge is 2.32. The molecule has 1 N–H and O–H groups in total. The number of piperidine rings is 1. The van der Waals surface area contributed by atoms with Crippen LogP contribution in [0.3, 0.4) is 0 Å². The van der Waals surface area contributed by atoms with E-state index in [1.807, 2.05) is 52.3 Å². The maximum Gasteiger partial charge on any atom is 0.255 e. The van der Waals surface area contributed by atoms with Crippen LogP contribution < -0.4 is 5.32 Å². The zero-order valence-corrected chi connectivity index (χ0v) is 16.5. The average Bonchev–Trinajstić information content (AvgIpc) is 2.75. The first-order chi connectivity index (χ1) is 13.6. The molecule has 2 amide bonds. The summed E-state index contributed by atoms with van der Waals surface area (Å²) in [4.78, 5) is 29.2. The first kappa shape index (κ1) is 19.0. The van der Waals surface area contributed by atoms with Gasteiger partial charge >= 0.3 is 0 Å². The van der Waals surface area contributed by atoms with Crippen LogP contribution >= 0.6 is 11.6 Å². The first-order valence-electron chi connectivity index (χ1n) is 9.78. The van der Waals surface area contributed by atoms with Gasteiger partial charge in [0.25, 0.3) is 5.91 Å². The zero-order valence-electron chi connectivity index (χ0n) is 15.7. The highest BCUT2D eigenvalue weighted by atomic mass is 35.5. The van der Waals surface area contributed by atoms with Gasteiger partial charge < -0.3 is 15.1 Å². The number of nitrogens with one attached hydrogen (secondary N) is 1. The molecule has 2 aromatic carbocycles. The molecule has 2 aromatic rings. The van der Waals surface area contributed by atoms with Gasteiger partial charge in [-0.3, -0.25) is 9.59 Å². The molecule has 0 aromatic heterocycles. The largest absolute Gasteiger partial charge is 0.337 e. The Morgan fingerprint density at radius 1 is 1.07 bits per heavy atom. The number of rotatable bonds is 3. The van der Waals surface area contributed by atoms with Gasteiger partial charge in [0.05, 0.1) is 17.1 Å². The number of hydrogen-bond donors (Lipinski definition) is 1. The van der Waals surface area contributed by atoms with Crippen molar-refractivity contribution in [1.82, 2.24) is 15.1 Å². The summed E-state index contributed by atoms with van der Waals surface area (Å²) in [6.45, 7) is 3.16. The summed E-state index contributed by atoms with van der Waals surface area (Å²) in [6, 6.07) is 15.6. The zero-order chi connectivity index (χ0) is 19.5. The van der Waals surface area contributed by atoms with Crippen molar-refractivity contribution in [2.75, 3.05) is 32.7 Å². The molecule has 1 atom stereocenters. The summed E-state index contributed by atoms with van der Waals surface area (Å²) in [5.41, 5.74) is 2.55. The van der Waals surface area contributed by atoms with Crippen LogP contribution in [0.15, 0.2) is 48.5 Å². The fraction of sp³-hybridized carbons (Fsp3) is 0.364. The predicted molar refractivity (Wildman–Crippen MR) is 110 cm³/mol. The molecular weight excluding hydrogens is 374 g/mol. The van der Waals surface area contributed by atoms with Crippen molar-refractivity contribution in [3.8, 4) is 11.1 Å². The van der Waals surface area contributed by atoms with Crippen molar-refractivity contribution in [3.63, 3.8) is 0 Å². The Morgan fingerprint density at radius 2 is 1.89 bits per heavy atom. The predicted octanol–water partition coefficient (Wildman–Crippen LogP) is 3.04. The third-order valence-electron chi connectivity index (χ3n) is 5.55. The van der Waals surface area contributed by atoms with E-state index < -0.39 is 0 Å². The molecule has 4 rings (SSSR count). The van der Waals surface area contributed by atoms with Gasteiger partial charge in [-0.05, 0) is 36.1 Å². The van der Waals surface area contributed by atoms with Crippen LogP contribution in [-0.4, -0.2) is 60.4 Å². The molecule has 6 heteroatoms.